The van der Waals surface area contributed by atoms with Crippen LogP contribution in [0.3, 0.4) is 0 Å². The lowest BCUT2D eigenvalue weighted by molar-refractivity contribution is 0.474. The third-order valence-electron chi connectivity index (χ3n) is 3.09. The van der Waals surface area contributed by atoms with Crippen molar-refractivity contribution in [2.24, 2.45) is 4.99 Å². The van der Waals surface area contributed by atoms with E-state index in [1.54, 1.807) is 12.3 Å². The van der Waals surface area contributed by atoms with E-state index in [1.165, 1.54) is 5.56 Å². The number of aryl methyl sites for hydroxylation is 2. The standard InChI is InChI=1S/C16H20N2O/c1-2-14-8-11-18(13-14)10-5-9-17-12-15-6-3-4-7-16(15)19/h3-4,6-8,11-13,19H,2,5,9-10H2,1H3. The number of hydrogen-bond acceptors (Lipinski definition) is 2. The number of para-hydroxylation sites is 1. The molecular weight excluding hydrogens is 236 g/mol. The van der Waals surface area contributed by atoms with Gasteiger partial charge in [0, 0.05) is 37.3 Å². The summed E-state index contributed by atoms with van der Waals surface area (Å²) in [5.74, 6) is 0.282. The second kappa shape index (κ2) is 6.78. The Labute approximate surface area is 114 Å². The highest BCUT2D eigenvalue weighted by molar-refractivity contribution is 5.83. The zero-order chi connectivity index (χ0) is 13.5. The molecule has 1 heterocycles. The summed E-state index contributed by atoms with van der Waals surface area (Å²) < 4.78 is 2.20. The molecule has 2 rings (SSSR count). The van der Waals surface area contributed by atoms with Crippen LogP contribution in [0.15, 0.2) is 47.7 Å². The van der Waals surface area contributed by atoms with Crippen molar-refractivity contribution in [3.05, 3.63) is 53.9 Å². The number of phenolic OH excluding ortho intramolecular Hbond substituents is 1. The molecule has 0 spiro atoms. The Morgan fingerprint density at radius 1 is 1.26 bits per heavy atom. The molecule has 3 heteroatoms. The number of rotatable bonds is 6. The van der Waals surface area contributed by atoms with Crippen molar-refractivity contribution in [2.45, 2.75) is 26.3 Å². The fraction of sp³-hybridized carbons (Fsp3) is 0.312. The first-order valence-corrected chi connectivity index (χ1v) is 6.72. The van der Waals surface area contributed by atoms with E-state index in [4.69, 9.17) is 0 Å². The van der Waals surface area contributed by atoms with Crippen LogP contribution in [0.2, 0.25) is 0 Å². The van der Waals surface area contributed by atoms with Gasteiger partial charge >= 0.3 is 0 Å². The van der Waals surface area contributed by atoms with Gasteiger partial charge in [-0.1, -0.05) is 19.1 Å². The maximum atomic E-state index is 9.58. The molecular formula is C16H20N2O. The van der Waals surface area contributed by atoms with Crippen molar-refractivity contribution in [3.63, 3.8) is 0 Å². The van der Waals surface area contributed by atoms with E-state index in [2.05, 4.69) is 34.9 Å². The molecule has 2 aromatic rings. The van der Waals surface area contributed by atoms with Crippen molar-refractivity contribution in [3.8, 4) is 5.75 Å². The average Bonchev–Trinajstić information content (AvgIpc) is 2.88. The largest absolute Gasteiger partial charge is 0.507 e. The maximum absolute atomic E-state index is 9.58. The summed E-state index contributed by atoms with van der Waals surface area (Å²) in [5.41, 5.74) is 2.15. The number of hydrogen-bond donors (Lipinski definition) is 1. The fourth-order valence-corrected chi connectivity index (χ4v) is 1.94. The molecule has 0 aliphatic heterocycles. The maximum Gasteiger partial charge on any atom is 0.124 e. The molecule has 0 saturated heterocycles. The summed E-state index contributed by atoms with van der Waals surface area (Å²) in [4.78, 5) is 4.35. The normalized spacial score (nSPS) is 11.2. The SMILES string of the molecule is CCc1ccn(CCCN=Cc2ccccc2O)c1. The van der Waals surface area contributed by atoms with Gasteiger partial charge in [0.1, 0.15) is 5.75 Å². The Balaban J connectivity index is 1.76. The van der Waals surface area contributed by atoms with Gasteiger partial charge in [-0.25, -0.2) is 0 Å². The number of aromatic hydroxyl groups is 1. The first-order valence-electron chi connectivity index (χ1n) is 6.72. The van der Waals surface area contributed by atoms with Gasteiger partial charge in [-0.2, -0.15) is 0 Å². The molecule has 1 aromatic carbocycles. The molecule has 0 unspecified atom stereocenters. The Morgan fingerprint density at radius 2 is 2.11 bits per heavy atom. The van der Waals surface area contributed by atoms with Crippen LogP contribution in [0.5, 0.6) is 5.75 Å². The summed E-state index contributed by atoms with van der Waals surface area (Å²) in [6.45, 7) is 3.92. The number of phenols is 1. The minimum atomic E-state index is 0.282. The van der Waals surface area contributed by atoms with Gasteiger partial charge in [0.25, 0.3) is 0 Å². The van der Waals surface area contributed by atoms with Gasteiger partial charge in [-0.15, -0.1) is 0 Å². The van der Waals surface area contributed by atoms with E-state index in [-0.39, 0.29) is 5.75 Å². The van der Waals surface area contributed by atoms with Crippen LogP contribution in [0.25, 0.3) is 0 Å². The van der Waals surface area contributed by atoms with E-state index in [0.717, 1.165) is 31.5 Å². The lowest BCUT2D eigenvalue weighted by atomic mass is 10.2. The van der Waals surface area contributed by atoms with Crippen molar-refractivity contribution in [1.29, 1.82) is 0 Å². The van der Waals surface area contributed by atoms with Crippen molar-refractivity contribution < 1.29 is 5.11 Å². The molecule has 0 atom stereocenters. The molecule has 19 heavy (non-hydrogen) atoms. The second-order valence-electron chi connectivity index (χ2n) is 4.56. The molecule has 0 aliphatic carbocycles. The lowest BCUT2D eigenvalue weighted by Gasteiger charge is -2.00. The van der Waals surface area contributed by atoms with Gasteiger partial charge < -0.3 is 9.67 Å². The number of aromatic nitrogens is 1. The molecule has 100 valence electrons. The second-order valence-corrected chi connectivity index (χ2v) is 4.56. The molecule has 0 fully saturated rings. The molecule has 3 nitrogen and oxygen atoms in total. The predicted octanol–water partition coefficient (Wildman–Crippen LogP) is 3.27. The minimum Gasteiger partial charge on any atom is -0.507 e. The van der Waals surface area contributed by atoms with Gasteiger partial charge in [-0.3, -0.25) is 4.99 Å². The van der Waals surface area contributed by atoms with E-state index in [1.807, 2.05) is 18.2 Å². The molecule has 1 N–H and O–H groups in total. The van der Waals surface area contributed by atoms with Crippen LogP contribution in [0.4, 0.5) is 0 Å². The van der Waals surface area contributed by atoms with E-state index < -0.39 is 0 Å². The van der Waals surface area contributed by atoms with E-state index >= 15 is 0 Å². The van der Waals surface area contributed by atoms with Gasteiger partial charge in [-0.05, 0) is 36.6 Å². The molecule has 1 aromatic heterocycles. The summed E-state index contributed by atoms with van der Waals surface area (Å²) in [5, 5.41) is 9.58. The zero-order valence-electron chi connectivity index (χ0n) is 11.3. The number of benzene rings is 1. The van der Waals surface area contributed by atoms with Gasteiger partial charge in [0.2, 0.25) is 0 Å². The van der Waals surface area contributed by atoms with Gasteiger partial charge in [0.15, 0.2) is 0 Å². The number of aliphatic imine (C=N–C) groups is 1. The van der Waals surface area contributed by atoms with Gasteiger partial charge in [0.05, 0.1) is 0 Å². The molecule has 0 aliphatic rings. The van der Waals surface area contributed by atoms with Crippen LogP contribution in [0.1, 0.15) is 24.5 Å². The van der Waals surface area contributed by atoms with Crippen LogP contribution < -0.4 is 0 Å². The van der Waals surface area contributed by atoms with Crippen LogP contribution in [-0.2, 0) is 13.0 Å². The topological polar surface area (TPSA) is 37.5 Å². The Bertz CT molecular complexity index is 543. The highest BCUT2D eigenvalue weighted by Crippen LogP contribution is 2.12. The number of nitrogens with zero attached hydrogens (tertiary/aromatic N) is 2. The molecule has 0 bridgehead atoms. The van der Waals surface area contributed by atoms with Crippen LogP contribution in [0, 0.1) is 0 Å². The predicted molar refractivity (Wildman–Crippen MR) is 79.0 cm³/mol. The summed E-state index contributed by atoms with van der Waals surface area (Å²) >= 11 is 0. The smallest absolute Gasteiger partial charge is 0.124 e. The summed E-state index contributed by atoms with van der Waals surface area (Å²) in [6, 6.07) is 9.40. The van der Waals surface area contributed by atoms with Crippen molar-refractivity contribution >= 4 is 6.21 Å². The van der Waals surface area contributed by atoms with E-state index in [9.17, 15) is 5.11 Å². The Hall–Kier alpha value is -2.03. The summed E-state index contributed by atoms with van der Waals surface area (Å²) in [6.07, 6.45) is 8.13. The summed E-state index contributed by atoms with van der Waals surface area (Å²) in [7, 11) is 0. The molecule has 0 amide bonds. The highest BCUT2D eigenvalue weighted by atomic mass is 16.3. The third kappa shape index (κ3) is 3.98. The molecule has 0 radical (unpaired) electrons. The quantitative estimate of drug-likeness (QED) is 0.625. The first kappa shape index (κ1) is 13.4. The monoisotopic (exact) mass is 256 g/mol. The highest BCUT2D eigenvalue weighted by Gasteiger charge is 1.95. The van der Waals surface area contributed by atoms with Crippen LogP contribution >= 0.6 is 0 Å². The van der Waals surface area contributed by atoms with Crippen molar-refractivity contribution in [2.75, 3.05) is 6.54 Å². The van der Waals surface area contributed by atoms with Crippen molar-refractivity contribution in [1.82, 2.24) is 4.57 Å². The fourth-order valence-electron chi connectivity index (χ4n) is 1.94. The average molecular weight is 256 g/mol. The third-order valence-corrected chi connectivity index (χ3v) is 3.09. The molecule has 0 saturated carbocycles. The zero-order valence-corrected chi connectivity index (χ0v) is 11.3. The minimum absolute atomic E-state index is 0.282. The Morgan fingerprint density at radius 3 is 2.84 bits per heavy atom. The van der Waals surface area contributed by atoms with E-state index in [0.29, 0.717) is 0 Å². The first-order chi connectivity index (χ1) is 9.29. The Kier molecular flexibility index (Phi) is 4.78. The van der Waals surface area contributed by atoms with Crippen LogP contribution in [-0.4, -0.2) is 22.4 Å². The lowest BCUT2D eigenvalue weighted by Crippen LogP contribution is -1.96.